The predicted molar refractivity (Wildman–Crippen MR) is 32.2 cm³/mol. The lowest BCUT2D eigenvalue weighted by molar-refractivity contribution is -0.138. The summed E-state index contributed by atoms with van der Waals surface area (Å²) in [4.78, 5) is 30.9. The number of imide groups is 1. The van der Waals surface area contributed by atoms with Crippen molar-refractivity contribution < 1.29 is 19.1 Å². The highest BCUT2D eigenvalue weighted by Crippen LogP contribution is 1.97. The number of hydrogen-bond donors (Lipinski definition) is 2. The number of carbonyl (C=O) groups is 3. The number of rotatable bonds is 2. The van der Waals surface area contributed by atoms with Gasteiger partial charge in [0.15, 0.2) is 6.23 Å². The lowest BCUT2D eigenvalue weighted by Gasteiger charge is -2.20. The molecule has 0 saturated carbocycles. The summed E-state index contributed by atoms with van der Waals surface area (Å²) >= 11 is 0. The normalized spacial score (nSPS) is 23.5. The van der Waals surface area contributed by atoms with Crippen LogP contribution in [0.3, 0.4) is 0 Å². The molecule has 0 aliphatic carbocycles. The lowest BCUT2D eigenvalue weighted by atomic mass is 10.3. The SMILES string of the molecule is O=CO[C@@H]1CC(=O)NC(=O)N1. The van der Waals surface area contributed by atoms with E-state index in [4.69, 9.17) is 0 Å². The van der Waals surface area contributed by atoms with Crippen molar-refractivity contribution in [3.63, 3.8) is 0 Å². The van der Waals surface area contributed by atoms with E-state index in [1.54, 1.807) is 0 Å². The van der Waals surface area contributed by atoms with Crippen LogP contribution >= 0.6 is 0 Å². The highest BCUT2D eigenvalue weighted by Gasteiger charge is 2.24. The summed E-state index contributed by atoms with van der Waals surface area (Å²) in [5.74, 6) is -0.458. The minimum atomic E-state index is -0.825. The first-order valence-electron chi connectivity index (χ1n) is 2.92. The highest BCUT2D eigenvalue weighted by atomic mass is 16.5. The van der Waals surface area contributed by atoms with Gasteiger partial charge in [-0.1, -0.05) is 0 Å². The van der Waals surface area contributed by atoms with E-state index in [1.807, 2.05) is 5.32 Å². The third kappa shape index (κ3) is 1.92. The minimum absolute atomic E-state index is 0.0372. The molecular weight excluding hydrogens is 152 g/mol. The summed E-state index contributed by atoms with van der Waals surface area (Å²) in [6, 6.07) is -0.645. The van der Waals surface area contributed by atoms with E-state index in [1.165, 1.54) is 0 Å². The first-order valence-corrected chi connectivity index (χ1v) is 2.92. The first-order chi connectivity index (χ1) is 5.22. The van der Waals surface area contributed by atoms with Gasteiger partial charge in [-0.25, -0.2) is 4.79 Å². The summed E-state index contributed by atoms with van der Waals surface area (Å²) in [7, 11) is 0. The average molecular weight is 158 g/mol. The Hall–Kier alpha value is -1.59. The molecule has 0 unspecified atom stereocenters. The van der Waals surface area contributed by atoms with Crippen LogP contribution in [0.1, 0.15) is 6.42 Å². The Morgan fingerprint density at radius 1 is 1.55 bits per heavy atom. The van der Waals surface area contributed by atoms with E-state index in [0.29, 0.717) is 0 Å². The molecule has 1 aliphatic rings. The molecule has 6 heteroatoms. The summed E-state index contributed by atoms with van der Waals surface area (Å²) in [6.07, 6.45) is -0.862. The number of hydrogen-bond acceptors (Lipinski definition) is 4. The molecular formula is C5H6N2O4. The van der Waals surface area contributed by atoms with E-state index >= 15 is 0 Å². The number of urea groups is 1. The highest BCUT2D eigenvalue weighted by molar-refractivity contribution is 5.96. The zero-order valence-electron chi connectivity index (χ0n) is 5.49. The lowest BCUT2D eigenvalue weighted by Crippen LogP contribution is -2.53. The summed E-state index contributed by atoms with van der Waals surface area (Å²) in [5.41, 5.74) is 0. The van der Waals surface area contributed by atoms with Crippen LogP contribution in [0.4, 0.5) is 4.79 Å². The molecule has 0 aromatic rings. The van der Waals surface area contributed by atoms with Gasteiger partial charge in [-0.15, -0.1) is 0 Å². The second kappa shape index (κ2) is 3.00. The molecule has 1 atom stereocenters. The Bertz CT molecular complexity index is 187. The topological polar surface area (TPSA) is 84.5 Å². The molecule has 1 saturated heterocycles. The monoisotopic (exact) mass is 158 g/mol. The van der Waals surface area contributed by atoms with Gasteiger partial charge < -0.3 is 10.1 Å². The molecule has 2 N–H and O–H groups in total. The third-order valence-electron chi connectivity index (χ3n) is 1.14. The number of carbonyl (C=O) groups excluding carboxylic acids is 3. The van der Waals surface area contributed by atoms with Gasteiger partial charge in [-0.3, -0.25) is 14.9 Å². The molecule has 6 nitrogen and oxygen atoms in total. The van der Waals surface area contributed by atoms with Gasteiger partial charge in [-0.2, -0.15) is 0 Å². The van der Waals surface area contributed by atoms with Crippen molar-refractivity contribution >= 4 is 18.4 Å². The van der Waals surface area contributed by atoms with Crippen LogP contribution in [0.15, 0.2) is 0 Å². The van der Waals surface area contributed by atoms with Gasteiger partial charge in [-0.05, 0) is 0 Å². The molecule has 0 spiro atoms. The van der Waals surface area contributed by atoms with Crippen LogP contribution in [0, 0.1) is 0 Å². The van der Waals surface area contributed by atoms with Crippen LogP contribution < -0.4 is 10.6 Å². The van der Waals surface area contributed by atoms with Crippen molar-refractivity contribution in [3.8, 4) is 0 Å². The van der Waals surface area contributed by atoms with Crippen molar-refractivity contribution in [1.82, 2.24) is 10.6 Å². The summed E-state index contributed by atoms with van der Waals surface area (Å²) in [5, 5.41) is 4.21. The molecule has 0 radical (unpaired) electrons. The maximum absolute atomic E-state index is 10.6. The van der Waals surface area contributed by atoms with E-state index in [-0.39, 0.29) is 12.9 Å². The fraction of sp³-hybridized carbons (Fsp3) is 0.400. The van der Waals surface area contributed by atoms with E-state index in [2.05, 4.69) is 10.1 Å². The zero-order chi connectivity index (χ0) is 8.27. The van der Waals surface area contributed by atoms with Crippen LogP contribution in [-0.4, -0.2) is 24.6 Å². The Morgan fingerprint density at radius 2 is 2.27 bits per heavy atom. The first kappa shape index (κ1) is 7.52. The Labute approximate surface area is 61.9 Å². The fourth-order valence-corrected chi connectivity index (χ4v) is 0.729. The Morgan fingerprint density at radius 3 is 2.82 bits per heavy atom. The van der Waals surface area contributed by atoms with Gasteiger partial charge in [0.05, 0.1) is 6.42 Å². The quantitative estimate of drug-likeness (QED) is 0.490. The largest absolute Gasteiger partial charge is 0.443 e. The van der Waals surface area contributed by atoms with Gasteiger partial charge in [0.2, 0.25) is 5.91 Å². The molecule has 3 amide bonds. The zero-order valence-corrected chi connectivity index (χ0v) is 5.49. The molecule has 1 rings (SSSR count). The number of nitrogens with one attached hydrogen (secondary N) is 2. The molecule has 60 valence electrons. The van der Waals surface area contributed by atoms with Gasteiger partial charge in [0, 0.05) is 0 Å². The fourth-order valence-electron chi connectivity index (χ4n) is 0.729. The third-order valence-corrected chi connectivity index (χ3v) is 1.14. The van der Waals surface area contributed by atoms with Crippen LogP contribution in [0.2, 0.25) is 0 Å². The summed E-state index contributed by atoms with van der Waals surface area (Å²) in [6.45, 7) is 0.184. The van der Waals surface area contributed by atoms with Gasteiger partial charge >= 0.3 is 6.03 Å². The maximum Gasteiger partial charge on any atom is 0.324 e. The van der Waals surface area contributed by atoms with Crippen LogP contribution in [-0.2, 0) is 14.3 Å². The maximum atomic E-state index is 10.6. The van der Waals surface area contributed by atoms with E-state index in [0.717, 1.165) is 0 Å². The molecule has 0 aromatic carbocycles. The van der Waals surface area contributed by atoms with E-state index in [9.17, 15) is 14.4 Å². The van der Waals surface area contributed by atoms with Crippen molar-refractivity contribution in [2.24, 2.45) is 0 Å². The van der Waals surface area contributed by atoms with Crippen molar-refractivity contribution in [3.05, 3.63) is 0 Å². The van der Waals surface area contributed by atoms with Gasteiger partial charge in [0.25, 0.3) is 6.47 Å². The number of ether oxygens (including phenoxy) is 1. The smallest absolute Gasteiger partial charge is 0.324 e. The molecule has 1 fully saturated rings. The standard InChI is InChI=1S/C5H6N2O4/c8-2-11-4-1-3(9)6-5(10)7-4/h2,4H,1H2,(H2,6,7,9,10)/t4-/m1/s1. The molecule has 0 bridgehead atoms. The second-order valence-electron chi connectivity index (χ2n) is 1.95. The van der Waals surface area contributed by atoms with Crippen LogP contribution in [0.25, 0.3) is 0 Å². The van der Waals surface area contributed by atoms with E-state index < -0.39 is 18.2 Å². The van der Waals surface area contributed by atoms with Crippen molar-refractivity contribution in [1.29, 1.82) is 0 Å². The van der Waals surface area contributed by atoms with Gasteiger partial charge in [0.1, 0.15) is 0 Å². The summed E-state index contributed by atoms with van der Waals surface area (Å²) < 4.78 is 4.35. The minimum Gasteiger partial charge on any atom is -0.443 e. The average Bonchev–Trinajstić information content (AvgIpc) is 1.85. The molecule has 11 heavy (non-hydrogen) atoms. The molecule has 0 aromatic heterocycles. The van der Waals surface area contributed by atoms with Crippen molar-refractivity contribution in [2.45, 2.75) is 12.6 Å². The molecule has 1 aliphatic heterocycles. The van der Waals surface area contributed by atoms with Crippen LogP contribution in [0.5, 0.6) is 0 Å². The molecule has 1 heterocycles. The predicted octanol–water partition coefficient (Wildman–Crippen LogP) is -1.28. The second-order valence-corrected chi connectivity index (χ2v) is 1.95. The number of amides is 3. The Kier molecular flexibility index (Phi) is 2.05. The Balaban J connectivity index is 2.49. The van der Waals surface area contributed by atoms with Crippen molar-refractivity contribution in [2.75, 3.05) is 0 Å².